The van der Waals surface area contributed by atoms with Gasteiger partial charge in [-0.1, -0.05) is 234 Å². The van der Waals surface area contributed by atoms with Gasteiger partial charge in [-0.3, -0.25) is 0 Å². The molecule has 1 radical (unpaired) electrons. The van der Waals surface area contributed by atoms with Gasteiger partial charge in [-0.25, -0.2) is 9.97 Å². The van der Waals surface area contributed by atoms with E-state index in [1.807, 2.05) is 224 Å². The van der Waals surface area contributed by atoms with Crippen LogP contribution in [0.2, 0.25) is 0 Å². The summed E-state index contributed by atoms with van der Waals surface area (Å²) in [6.45, 7) is 53.4. The molecule has 0 fully saturated rings. The van der Waals surface area contributed by atoms with Crippen molar-refractivity contribution in [1.29, 1.82) is 0 Å². The average molecular weight is 1800 g/mol. The third-order valence-electron chi connectivity index (χ3n) is 20.2. The summed E-state index contributed by atoms with van der Waals surface area (Å²) in [5.74, 6) is 0. The van der Waals surface area contributed by atoms with Crippen molar-refractivity contribution in [2.75, 3.05) is 0 Å². The molecule has 4 aromatic heterocycles. The molecule has 123 heavy (non-hydrogen) atoms. The first-order valence-corrected chi connectivity index (χ1v) is 42.7. The fraction of sp³-hybridized carbons (Fsp3) is 0.139. The van der Waals surface area contributed by atoms with E-state index in [4.69, 9.17) is 15.0 Å². The minimum absolute atomic E-state index is 0. The topological polar surface area (TPSA) is 55.7 Å². The Balaban J connectivity index is 0.000000179. The van der Waals surface area contributed by atoms with Crippen LogP contribution in [-0.2, 0) is 74.1 Å². The van der Waals surface area contributed by atoms with Gasteiger partial charge in [-0.2, -0.15) is 172 Å². The molecule has 0 aliphatic heterocycles. The van der Waals surface area contributed by atoms with Gasteiger partial charge in [-0.15, -0.1) is 113 Å². The van der Waals surface area contributed by atoms with Crippen LogP contribution in [0.1, 0.15) is 144 Å². The van der Waals surface area contributed by atoms with Gasteiger partial charge in [0, 0.05) is 11.3 Å². The molecular weight excluding hydrogens is 1680 g/mol. The number of para-hydroxylation sites is 2. The van der Waals surface area contributed by atoms with Crippen molar-refractivity contribution in [3.63, 3.8) is 0 Å². The first-order valence-electron chi connectivity index (χ1n) is 41.1. The number of hydrogen-bond acceptors (Lipinski definition) is 4. The molecule has 0 bridgehead atoms. The number of rotatable bonds is 4. The molecule has 4 nitrogen and oxygen atoms in total. The minimum Gasteiger partial charge on any atom is -0.655 e. The first-order chi connectivity index (χ1) is 57.9. The number of nitrogens with zero attached hydrogens (tertiary/aromatic N) is 3. The predicted octanol–water partition coefficient (Wildman–Crippen LogP) is 32.4. The Labute approximate surface area is 779 Å². The fourth-order valence-electron chi connectivity index (χ4n) is 13.3. The van der Waals surface area contributed by atoms with E-state index in [-0.39, 0.29) is 74.1 Å². The van der Waals surface area contributed by atoms with Crippen molar-refractivity contribution in [3.05, 3.63) is 480 Å². The predicted molar refractivity (Wildman–Crippen MR) is 530 cm³/mol. The molecule has 15 aromatic carbocycles. The van der Waals surface area contributed by atoms with Gasteiger partial charge in [0.15, 0.2) is 0 Å². The molecule has 0 spiro atoms. The van der Waals surface area contributed by atoms with E-state index in [9.17, 15) is 0 Å². The zero-order valence-corrected chi connectivity index (χ0v) is 79.9. The molecule has 0 saturated carbocycles. The second-order valence-electron chi connectivity index (χ2n) is 34.1. The number of fused-ring (bicyclic) bond motifs is 6. The number of H-pyrrole nitrogens is 1. The summed E-state index contributed by atoms with van der Waals surface area (Å²) in [5, 5.41) is 12.1. The molecule has 0 unspecified atom stereocenters. The minimum atomic E-state index is 0. The maximum atomic E-state index is 5.16. The van der Waals surface area contributed by atoms with Gasteiger partial charge < -0.3 is 9.97 Å². The summed E-state index contributed by atoms with van der Waals surface area (Å²) in [6, 6.07) is 127. The summed E-state index contributed by atoms with van der Waals surface area (Å²) in [5.41, 5.74) is 21.9. The van der Waals surface area contributed by atoms with Crippen LogP contribution in [0.5, 0.6) is 0 Å². The van der Waals surface area contributed by atoms with Crippen LogP contribution in [0, 0.1) is 48.5 Å². The van der Waals surface area contributed by atoms with Crippen molar-refractivity contribution in [2.45, 2.75) is 105 Å². The first kappa shape index (κ1) is 95.4. The van der Waals surface area contributed by atoms with Crippen LogP contribution in [0.4, 0.5) is 0 Å². The third kappa shape index (κ3) is 27.8. The van der Waals surface area contributed by atoms with Crippen LogP contribution in [0.25, 0.3) is 107 Å². The number of aromatic nitrogens is 4. The molecule has 1 N–H and O–H groups in total. The van der Waals surface area contributed by atoms with Crippen LogP contribution in [-0.4, -0.2) is 15.0 Å². The van der Waals surface area contributed by atoms with Gasteiger partial charge >= 0.3 is 52.4 Å². The molecule has 0 atom stereocenters. The molecule has 0 amide bonds. The van der Waals surface area contributed by atoms with E-state index in [1.165, 1.54) is 85.9 Å². The largest absolute Gasteiger partial charge is 4.00 e. The van der Waals surface area contributed by atoms with Crippen LogP contribution in [0.3, 0.4) is 0 Å². The monoisotopic (exact) mass is 1790 g/mol. The Hall–Kier alpha value is -11.5. The molecule has 19 rings (SSSR count). The van der Waals surface area contributed by atoms with Gasteiger partial charge in [0.05, 0.1) is 26.1 Å². The Morgan fingerprint density at radius 1 is 0.252 bits per heavy atom. The van der Waals surface area contributed by atoms with Crippen molar-refractivity contribution >= 4 is 86.2 Å². The van der Waals surface area contributed by atoms with E-state index >= 15 is 0 Å². The van der Waals surface area contributed by atoms with Crippen LogP contribution in [0.15, 0.2) is 370 Å². The Morgan fingerprint density at radius 2 is 0.528 bits per heavy atom. The molecule has 4 heterocycles. The number of aromatic amines is 1. The smallest absolute Gasteiger partial charge is 0.655 e. The SMILES string of the molecule is CC(C)(C)c1ccc2c(-c3ccc(-c4nc5ccccc5s4)[n-]3)c3cc(C(C)(C)C)ccc3cc2c1.CC(C)(C)c1ccc2c(-c3ccc(-c4nc5ccccc5s4)[nH]3)c3cc(C(C)(C)C)ccc3cc2c1.[CH2-]c1ccccc1.[CH2-]c1ccccc1.[CH2-]c1ccccc1.[CH2-]c1ccccc1.[CH2-]c1ccccc1.[CH2-]c1ccccc1.[CH2-]c1ccccc1.[Zr+3].[Zr+4]. The maximum absolute atomic E-state index is 5.16. The molecule has 19 aromatic rings. The molecule has 613 valence electrons. The van der Waals surface area contributed by atoms with Gasteiger partial charge in [0.2, 0.25) is 0 Å². The second kappa shape index (κ2) is 44.6. The molecule has 0 aliphatic carbocycles. The standard InChI is InChI=1S/C33H32N2S.C33H31N2S.7C7H7.2Zr/c2*1-32(2,3)22-13-14-24-21(18-22)17-20-11-12-23(33(4,5)6)19-25(20)30(24)27-15-16-28(34-27)31-35-26-9-7-8-10-29(26)36-31;7*1-7-5-3-2-4-6-7;;/h7-19,34H,1-6H3;7-19H,1-6H3;7*2-6H,1H2;;/q;8*-1;+3;+4. The van der Waals surface area contributed by atoms with Crippen LogP contribution < -0.4 is 4.98 Å². The Kier molecular flexibility index (Phi) is 34.5. The molecular formula is C115H112N4S2Zr2-. The van der Waals surface area contributed by atoms with Crippen molar-refractivity contribution in [1.82, 2.24) is 19.9 Å². The Bertz CT molecular complexity index is 5720. The summed E-state index contributed by atoms with van der Waals surface area (Å²) >= 11 is 3.44. The average Bonchev–Trinajstić information content (AvgIpc) is 1.71. The summed E-state index contributed by atoms with van der Waals surface area (Å²) in [4.78, 5) is 18.6. The zero-order valence-electron chi connectivity index (χ0n) is 73.3. The molecule has 0 saturated heterocycles. The van der Waals surface area contributed by atoms with Gasteiger partial charge in [0.25, 0.3) is 0 Å². The molecule has 0 aliphatic rings. The molecule has 8 heteroatoms. The number of benzene rings is 15. The van der Waals surface area contributed by atoms with Gasteiger partial charge in [-0.05, 0) is 147 Å². The van der Waals surface area contributed by atoms with E-state index in [0.717, 1.165) is 82.8 Å². The summed E-state index contributed by atoms with van der Waals surface area (Å²) in [7, 11) is 0. The normalized spacial score (nSPS) is 10.9. The summed E-state index contributed by atoms with van der Waals surface area (Å²) in [6.07, 6.45) is 0. The Morgan fingerprint density at radius 3 is 0.854 bits per heavy atom. The number of nitrogens with one attached hydrogen (secondary N) is 1. The van der Waals surface area contributed by atoms with Crippen molar-refractivity contribution in [2.24, 2.45) is 0 Å². The van der Waals surface area contributed by atoms with Crippen LogP contribution >= 0.6 is 22.7 Å². The fourth-order valence-corrected chi connectivity index (χ4v) is 15.2. The maximum Gasteiger partial charge on any atom is 4.00 e. The van der Waals surface area contributed by atoms with E-state index in [2.05, 4.69) is 282 Å². The van der Waals surface area contributed by atoms with Crippen molar-refractivity contribution in [3.8, 4) is 43.9 Å². The van der Waals surface area contributed by atoms with E-state index < -0.39 is 0 Å². The third-order valence-corrected chi connectivity index (χ3v) is 22.3. The van der Waals surface area contributed by atoms with E-state index in [1.54, 1.807) is 22.7 Å². The number of thiazole rings is 2. The quantitative estimate of drug-likeness (QED) is 0.141. The van der Waals surface area contributed by atoms with Gasteiger partial charge in [0.1, 0.15) is 10.0 Å². The zero-order chi connectivity index (χ0) is 86.3. The second-order valence-corrected chi connectivity index (χ2v) is 36.2. The number of hydrogen-bond donors (Lipinski definition) is 1. The van der Waals surface area contributed by atoms with Crippen molar-refractivity contribution < 1.29 is 52.4 Å². The van der Waals surface area contributed by atoms with E-state index in [0.29, 0.717) is 0 Å². The summed E-state index contributed by atoms with van der Waals surface area (Å²) < 4.78 is 2.40.